The van der Waals surface area contributed by atoms with Crippen molar-refractivity contribution < 1.29 is 9.47 Å². The second kappa shape index (κ2) is 7.29. The molecule has 0 aliphatic carbocycles. The summed E-state index contributed by atoms with van der Waals surface area (Å²) in [6, 6.07) is 0. The van der Waals surface area contributed by atoms with E-state index < -0.39 is 0 Å². The molecular weight excluding hydrogens is 200 g/mol. The van der Waals surface area contributed by atoms with Crippen molar-refractivity contribution in [1.29, 1.82) is 0 Å². The molecule has 0 spiro atoms. The molecule has 16 heavy (non-hydrogen) atoms. The number of hydrogen-bond acceptors (Lipinski definition) is 2. The Bertz CT molecular complexity index is 172. The Morgan fingerprint density at radius 1 is 1.06 bits per heavy atom. The highest BCUT2D eigenvalue weighted by Crippen LogP contribution is 2.19. The number of ether oxygens (including phenoxy) is 2. The maximum atomic E-state index is 5.91. The molecule has 0 saturated carbocycles. The van der Waals surface area contributed by atoms with Crippen LogP contribution in [0.25, 0.3) is 0 Å². The van der Waals surface area contributed by atoms with Gasteiger partial charge in [-0.05, 0) is 53.4 Å². The van der Waals surface area contributed by atoms with Crippen LogP contribution in [0.2, 0.25) is 0 Å². The minimum Gasteiger partial charge on any atom is -0.378 e. The van der Waals surface area contributed by atoms with Crippen molar-refractivity contribution in [3.63, 3.8) is 0 Å². The molecule has 98 valence electrons. The lowest BCUT2D eigenvalue weighted by Crippen LogP contribution is -2.29. The monoisotopic (exact) mass is 230 g/mol. The molecule has 0 heterocycles. The van der Waals surface area contributed by atoms with E-state index in [-0.39, 0.29) is 5.60 Å². The van der Waals surface area contributed by atoms with Gasteiger partial charge >= 0.3 is 0 Å². The molecule has 3 unspecified atom stereocenters. The fourth-order valence-electron chi connectivity index (χ4n) is 1.83. The molecule has 0 amide bonds. The van der Waals surface area contributed by atoms with Gasteiger partial charge in [0.2, 0.25) is 0 Å². The third-order valence-corrected chi connectivity index (χ3v) is 2.64. The summed E-state index contributed by atoms with van der Waals surface area (Å²) in [4.78, 5) is 0. The Balaban J connectivity index is 3.89. The second-order valence-corrected chi connectivity index (χ2v) is 5.83. The Morgan fingerprint density at radius 3 is 2.06 bits per heavy atom. The average Bonchev–Trinajstić information content (AvgIpc) is 2.10. The Kier molecular flexibility index (Phi) is 7.25. The van der Waals surface area contributed by atoms with Crippen molar-refractivity contribution in [2.75, 3.05) is 6.61 Å². The van der Waals surface area contributed by atoms with E-state index in [2.05, 4.69) is 48.5 Å². The van der Waals surface area contributed by atoms with Crippen LogP contribution in [0.5, 0.6) is 0 Å². The van der Waals surface area contributed by atoms with E-state index in [0.29, 0.717) is 18.1 Å². The van der Waals surface area contributed by atoms with Gasteiger partial charge < -0.3 is 9.47 Å². The van der Waals surface area contributed by atoms with Gasteiger partial charge in [-0.15, -0.1) is 0 Å². The lowest BCUT2D eigenvalue weighted by Gasteiger charge is -2.29. The van der Waals surface area contributed by atoms with E-state index in [1.54, 1.807) is 0 Å². The van der Waals surface area contributed by atoms with Gasteiger partial charge in [0.1, 0.15) is 0 Å². The van der Waals surface area contributed by atoms with Gasteiger partial charge in [0, 0.05) is 6.61 Å². The van der Waals surface area contributed by atoms with Crippen LogP contribution in [0.15, 0.2) is 0 Å². The van der Waals surface area contributed by atoms with E-state index >= 15 is 0 Å². The van der Waals surface area contributed by atoms with Crippen molar-refractivity contribution in [3.8, 4) is 0 Å². The van der Waals surface area contributed by atoms with Crippen LogP contribution in [0.3, 0.4) is 0 Å². The van der Waals surface area contributed by atoms with E-state index in [9.17, 15) is 0 Å². The predicted molar refractivity (Wildman–Crippen MR) is 69.8 cm³/mol. The molecule has 0 fully saturated rings. The highest BCUT2D eigenvalue weighted by molar-refractivity contribution is 4.69. The lowest BCUT2D eigenvalue weighted by molar-refractivity contribution is -0.0704. The third kappa shape index (κ3) is 8.12. The Morgan fingerprint density at radius 2 is 1.62 bits per heavy atom. The van der Waals surface area contributed by atoms with Crippen LogP contribution in [0.1, 0.15) is 61.3 Å². The van der Waals surface area contributed by atoms with Crippen LogP contribution in [0, 0.1) is 5.92 Å². The topological polar surface area (TPSA) is 18.5 Å². The van der Waals surface area contributed by atoms with Crippen LogP contribution in [-0.2, 0) is 9.47 Å². The molecule has 0 aliphatic rings. The van der Waals surface area contributed by atoms with E-state index in [1.807, 2.05) is 0 Å². The van der Waals surface area contributed by atoms with Crippen LogP contribution < -0.4 is 0 Å². The van der Waals surface area contributed by atoms with Crippen molar-refractivity contribution in [2.45, 2.75) is 79.1 Å². The standard InChI is InChI=1S/C14H30O2/c1-8-9-15-13(4)11(2)10-12(3)16-14(5,6)7/h11-13H,8-10H2,1-7H3. The smallest absolute Gasteiger partial charge is 0.0602 e. The molecule has 2 nitrogen and oxygen atoms in total. The highest BCUT2D eigenvalue weighted by Gasteiger charge is 2.20. The van der Waals surface area contributed by atoms with Crippen LogP contribution >= 0.6 is 0 Å². The first-order valence-electron chi connectivity index (χ1n) is 6.55. The van der Waals surface area contributed by atoms with Crippen molar-refractivity contribution in [3.05, 3.63) is 0 Å². The molecular formula is C14H30O2. The average molecular weight is 230 g/mol. The first-order chi connectivity index (χ1) is 7.26. The molecule has 0 aromatic rings. The summed E-state index contributed by atoms with van der Waals surface area (Å²) >= 11 is 0. The molecule has 0 bridgehead atoms. The molecule has 2 heteroatoms. The molecule has 0 radical (unpaired) electrons. The summed E-state index contributed by atoms with van der Waals surface area (Å²) in [6.07, 6.45) is 2.77. The maximum absolute atomic E-state index is 5.91. The zero-order chi connectivity index (χ0) is 12.8. The van der Waals surface area contributed by atoms with Crippen LogP contribution in [-0.4, -0.2) is 24.4 Å². The van der Waals surface area contributed by atoms with Crippen molar-refractivity contribution in [2.24, 2.45) is 5.92 Å². The zero-order valence-electron chi connectivity index (χ0n) is 12.2. The summed E-state index contributed by atoms with van der Waals surface area (Å²) in [5.74, 6) is 0.545. The van der Waals surface area contributed by atoms with Crippen molar-refractivity contribution >= 4 is 0 Å². The van der Waals surface area contributed by atoms with Gasteiger partial charge in [0.25, 0.3) is 0 Å². The summed E-state index contributed by atoms with van der Waals surface area (Å²) in [6.45, 7) is 15.9. The third-order valence-electron chi connectivity index (χ3n) is 2.64. The van der Waals surface area contributed by atoms with Gasteiger partial charge in [0.15, 0.2) is 0 Å². The largest absolute Gasteiger partial charge is 0.378 e. The van der Waals surface area contributed by atoms with E-state index in [0.717, 1.165) is 19.4 Å². The molecule has 3 atom stereocenters. The minimum absolute atomic E-state index is 0.0490. The van der Waals surface area contributed by atoms with Crippen molar-refractivity contribution in [1.82, 2.24) is 0 Å². The molecule has 0 rings (SSSR count). The van der Waals surface area contributed by atoms with Gasteiger partial charge in [-0.25, -0.2) is 0 Å². The Hall–Kier alpha value is -0.0800. The summed E-state index contributed by atoms with van der Waals surface area (Å²) in [7, 11) is 0. The maximum Gasteiger partial charge on any atom is 0.0602 e. The fourth-order valence-corrected chi connectivity index (χ4v) is 1.83. The summed E-state index contributed by atoms with van der Waals surface area (Å²) in [5, 5.41) is 0. The molecule has 0 aliphatic heterocycles. The normalized spacial score (nSPS) is 18.2. The van der Waals surface area contributed by atoms with Gasteiger partial charge in [0.05, 0.1) is 17.8 Å². The quantitative estimate of drug-likeness (QED) is 0.657. The second-order valence-electron chi connectivity index (χ2n) is 5.83. The number of rotatable bonds is 7. The highest BCUT2D eigenvalue weighted by atomic mass is 16.5. The molecule has 0 aromatic heterocycles. The zero-order valence-corrected chi connectivity index (χ0v) is 12.2. The predicted octanol–water partition coefficient (Wildman–Crippen LogP) is 4.03. The van der Waals surface area contributed by atoms with Crippen LogP contribution in [0.4, 0.5) is 0 Å². The van der Waals surface area contributed by atoms with Gasteiger partial charge in [-0.1, -0.05) is 13.8 Å². The molecule has 0 N–H and O–H groups in total. The van der Waals surface area contributed by atoms with E-state index in [4.69, 9.17) is 9.47 Å². The lowest BCUT2D eigenvalue weighted by atomic mass is 9.98. The summed E-state index contributed by atoms with van der Waals surface area (Å²) in [5.41, 5.74) is -0.0490. The molecule has 0 saturated heterocycles. The Labute approximate surface area is 102 Å². The fraction of sp³-hybridized carbons (Fsp3) is 1.00. The molecule has 0 aromatic carbocycles. The van der Waals surface area contributed by atoms with Gasteiger partial charge in [-0.3, -0.25) is 0 Å². The van der Waals surface area contributed by atoms with E-state index in [1.165, 1.54) is 0 Å². The first kappa shape index (κ1) is 15.9. The number of hydrogen-bond donors (Lipinski definition) is 0. The first-order valence-corrected chi connectivity index (χ1v) is 6.55. The van der Waals surface area contributed by atoms with Gasteiger partial charge in [-0.2, -0.15) is 0 Å². The minimum atomic E-state index is -0.0490. The SMILES string of the molecule is CCCOC(C)C(C)CC(C)OC(C)(C)C. The summed E-state index contributed by atoms with van der Waals surface area (Å²) < 4.78 is 11.6.